The number of carboxylic acid groups (broad SMARTS) is 1. The molecule has 8 nitrogen and oxygen atoms in total. The maximum absolute atomic E-state index is 13.0. The largest absolute Gasteiger partial charge is 0.478 e. The summed E-state index contributed by atoms with van der Waals surface area (Å²) in [5, 5.41) is 10.0. The molecule has 1 fully saturated rings. The van der Waals surface area contributed by atoms with Crippen LogP contribution in [0.15, 0.2) is 42.7 Å². The molecule has 0 spiro atoms. The number of benzene rings is 1. The van der Waals surface area contributed by atoms with Crippen LogP contribution in [0, 0.1) is 0 Å². The molecule has 1 unspecified atom stereocenters. The first-order valence-electron chi connectivity index (χ1n) is 10.2. The number of carbonyl (C=O) groups is 2. The first-order valence-corrected chi connectivity index (χ1v) is 11.0. The number of nitrogens with zero attached hydrogens (tertiary/aromatic N) is 3. The van der Waals surface area contributed by atoms with Crippen LogP contribution in [0.2, 0.25) is 0 Å². The number of carboxylic acids is 1. The molecular formula is C23H21N3O5S. The third kappa shape index (κ3) is 3.49. The van der Waals surface area contributed by atoms with Gasteiger partial charge in [-0.25, -0.2) is 4.79 Å². The van der Waals surface area contributed by atoms with E-state index in [2.05, 4.69) is 4.98 Å². The minimum absolute atomic E-state index is 0.0232. The highest BCUT2D eigenvalue weighted by Crippen LogP contribution is 2.36. The molecule has 1 N–H and O–H groups in total. The van der Waals surface area contributed by atoms with E-state index in [4.69, 9.17) is 9.47 Å². The average molecular weight is 452 g/mol. The van der Waals surface area contributed by atoms with Gasteiger partial charge in [0.05, 0.1) is 32.3 Å². The quantitative estimate of drug-likeness (QED) is 0.490. The highest BCUT2D eigenvalue weighted by molar-refractivity contribution is 7.21. The molecule has 3 aromatic heterocycles. The van der Waals surface area contributed by atoms with Gasteiger partial charge >= 0.3 is 5.97 Å². The van der Waals surface area contributed by atoms with Crippen molar-refractivity contribution in [2.45, 2.75) is 12.5 Å². The number of ether oxygens (including phenoxy) is 2. The third-order valence-electron chi connectivity index (χ3n) is 5.77. The number of carbonyl (C=O) groups excluding carboxylic acids is 1. The number of aromatic carboxylic acids is 1. The van der Waals surface area contributed by atoms with Crippen LogP contribution in [0.25, 0.3) is 21.1 Å². The van der Waals surface area contributed by atoms with Gasteiger partial charge in [0.2, 0.25) is 0 Å². The van der Waals surface area contributed by atoms with Crippen molar-refractivity contribution < 1.29 is 24.2 Å². The standard InChI is InChI=1S/C23H21N3O5S/c1-25-12-16(23(28)29)15-4-3-13(9-18(15)25)31-19-5-7-24-17-10-20(32-21(17)19)22(27)26-8-6-14(11-26)30-2/h3-5,7,9-10,12,14H,6,8,11H2,1-2H3,(H,28,29). The fourth-order valence-corrected chi connectivity index (χ4v) is 5.12. The summed E-state index contributed by atoms with van der Waals surface area (Å²) in [7, 11) is 3.47. The summed E-state index contributed by atoms with van der Waals surface area (Å²) in [6.07, 6.45) is 4.16. The second kappa shape index (κ2) is 7.92. The van der Waals surface area contributed by atoms with Crippen LogP contribution in [-0.2, 0) is 11.8 Å². The van der Waals surface area contributed by atoms with Gasteiger partial charge in [-0.1, -0.05) is 0 Å². The Morgan fingerprint density at radius 2 is 2.09 bits per heavy atom. The molecule has 0 saturated carbocycles. The molecule has 0 aliphatic carbocycles. The van der Waals surface area contributed by atoms with Crippen molar-refractivity contribution in [1.29, 1.82) is 0 Å². The van der Waals surface area contributed by atoms with E-state index in [9.17, 15) is 14.7 Å². The number of hydrogen-bond donors (Lipinski definition) is 1. The first kappa shape index (κ1) is 20.5. The zero-order valence-electron chi connectivity index (χ0n) is 17.6. The number of aryl methyl sites for hydroxylation is 1. The predicted molar refractivity (Wildman–Crippen MR) is 121 cm³/mol. The highest BCUT2D eigenvalue weighted by Gasteiger charge is 2.28. The van der Waals surface area contributed by atoms with E-state index in [0.717, 1.165) is 16.6 Å². The van der Waals surface area contributed by atoms with Crippen molar-refractivity contribution in [2.75, 3.05) is 20.2 Å². The van der Waals surface area contributed by atoms with Crippen LogP contribution < -0.4 is 4.74 Å². The second-order valence-electron chi connectivity index (χ2n) is 7.77. The van der Waals surface area contributed by atoms with E-state index in [1.165, 1.54) is 11.3 Å². The lowest BCUT2D eigenvalue weighted by atomic mass is 10.2. The van der Waals surface area contributed by atoms with E-state index >= 15 is 0 Å². The van der Waals surface area contributed by atoms with E-state index < -0.39 is 5.97 Å². The zero-order valence-corrected chi connectivity index (χ0v) is 18.4. The van der Waals surface area contributed by atoms with Crippen LogP contribution >= 0.6 is 11.3 Å². The van der Waals surface area contributed by atoms with E-state index in [1.807, 2.05) is 11.0 Å². The Balaban J connectivity index is 1.45. The molecule has 32 heavy (non-hydrogen) atoms. The highest BCUT2D eigenvalue weighted by atomic mass is 32.1. The Bertz CT molecular complexity index is 1360. The third-order valence-corrected chi connectivity index (χ3v) is 6.90. The fourth-order valence-electron chi connectivity index (χ4n) is 4.09. The Kier molecular flexibility index (Phi) is 5.07. The zero-order chi connectivity index (χ0) is 22.4. The molecule has 1 saturated heterocycles. The molecule has 4 heterocycles. The topological polar surface area (TPSA) is 93.9 Å². The van der Waals surface area contributed by atoms with Gasteiger partial charge in [0, 0.05) is 57.2 Å². The van der Waals surface area contributed by atoms with Crippen molar-refractivity contribution in [3.05, 3.63) is 53.2 Å². The number of pyridine rings is 1. The van der Waals surface area contributed by atoms with Gasteiger partial charge in [0.25, 0.3) is 5.91 Å². The average Bonchev–Trinajstić information content (AvgIpc) is 3.51. The lowest BCUT2D eigenvalue weighted by molar-refractivity contribution is 0.0697. The van der Waals surface area contributed by atoms with Gasteiger partial charge in [0.1, 0.15) is 11.5 Å². The Morgan fingerprint density at radius 3 is 2.84 bits per heavy atom. The van der Waals surface area contributed by atoms with Gasteiger partial charge < -0.3 is 24.0 Å². The molecule has 1 aromatic carbocycles. The number of thiophene rings is 1. The first-order chi connectivity index (χ1) is 15.4. The van der Waals surface area contributed by atoms with Gasteiger partial charge in [-0.15, -0.1) is 11.3 Å². The SMILES string of the molecule is COC1CCN(C(=O)c2cc3nccc(Oc4ccc5c(C(=O)O)cn(C)c5c4)c3s2)C1. The monoisotopic (exact) mass is 451 g/mol. The smallest absolute Gasteiger partial charge is 0.337 e. The predicted octanol–water partition coefficient (Wildman–Crippen LogP) is 4.14. The number of fused-ring (bicyclic) bond motifs is 2. The summed E-state index contributed by atoms with van der Waals surface area (Å²) < 4.78 is 14.1. The van der Waals surface area contributed by atoms with Crippen molar-refractivity contribution >= 4 is 44.3 Å². The molecule has 1 aliphatic heterocycles. The van der Waals surface area contributed by atoms with Crippen LogP contribution in [0.5, 0.6) is 11.5 Å². The fraction of sp³-hybridized carbons (Fsp3) is 0.261. The number of likely N-dealkylation sites (tertiary alicyclic amines) is 1. The van der Waals surface area contributed by atoms with E-state index in [1.54, 1.807) is 55.4 Å². The summed E-state index contributed by atoms with van der Waals surface area (Å²) in [6.45, 7) is 1.27. The molecule has 9 heteroatoms. The van der Waals surface area contributed by atoms with Crippen LogP contribution in [0.1, 0.15) is 26.5 Å². The number of aromatic nitrogens is 2. The maximum atomic E-state index is 13.0. The lowest BCUT2D eigenvalue weighted by Crippen LogP contribution is -2.29. The summed E-state index contributed by atoms with van der Waals surface area (Å²) in [6, 6.07) is 8.87. The van der Waals surface area contributed by atoms with Crippen molar-refractivity contribution in [3.8, 4) is 11.5 Å². The summed E-state index contributed by atoms with van der Waals surface area (Å²) in [5.41, 5.74) is 1.71. The number of hydrogen-bond acceptors (Lipinski definition) is 6. The summed E-state index contributed by atoms with van der Waals surface area (Å²) >= 11 is 1.36. The second-order valence-corrected chi connectivity index (χ2v) is 8.82. The maximum Gasteiger partial charge on any atom is 0.337 e. The molecule has 0 radical (unpaired) electrons. The van der Waals surface area contributed by atoms with Gasteiger partial charge in [-0.3, -0.25) is 9.78 Å². The molecule has 4 aromatic rings. The molecule has 1 atom stereocenters. The molecular weight excluding hydrogens is 430 g/mol. The molecule has 0 bridgehead atoms. The molecule has 1 amide bonds. The minimum Gasteiger partial charge on any atom is -0.478 e. The molecule has 1 aliphatic rings. The van der Waals surface area contributed by atoms with Crippen molar-refractivity contribution in [1.82, 2.24) is 14.5 Å². The number of rotatable bonds is 5. The van der Waals surface area contributed by atoms with Crippen LogP contribution in [0.4, 0.5) is 0 Å². The summed E-state index contributed by atoms with van der Waals surface area (Å²) in [4.78, 5) is 31.2. The van der Waals surface area contributed by atoms with E-state index in [0.29, 0.717) is 40.4 Å². The molecule has 5 rings (SSSR count). The van der Waals surface area contributed by atoms with Crippen molar-refractivity contribution in [2.24, 2.45) is 7.05 Å². The van der Waals surface area contributed by atoms with E-state index in [-0.39, 0.29) is 17.6 Å². The lowest BCUT2D eigenvalue weighted by Gasteiger charge is -2.14. The Hall–Kier alpha value is -3.43. The Morgan fingerprint density at radius 1 is 1.25 bits per heavy atom. The Labute approximate surface area is 187 Å². The van der Waals surface area contributed by atoms with Gasteiger partial charge in [0.15, 0.2) is 0 Å². The minimum atomic E-state index is -0.967. The number of methoxy groups -OCH3 is 1. The number of amides is 1. The normalized spacial score (nSPS) is 16.2. The molecule has 164 valence electrons. The van der Waals surface area contributed by atoms with Gasteiger partial charge in [-0.2, -0.15) is 0 Å². The van der Waals surface area contributed by atoms with Crippen molar-refractivity contribution in [3.63, 3.8) is 0 Å². The summed E-state index contributed by atoms with van der Waals surface area (Å²) in [5.74, 6) is 0.185. The van der Waals surface area contributed by atoms with Crippen LogP contribution in [-0.4, -0.2) is 57.7 Å². The van der Waals surface area contributed by atoms with Crippen LogP contribution in [0.3, 0.4) is 0 Å². The van der Waals surface area contributed by atoms with Gasteiger partial charge in [-0.05, 0) is 24.6 Å².